The third-order valence-electron chi connectivity index (χ3n) is 4.83. The molecule has 0 unspecified atom stereocenters. The maximum absolute atomic E-state index is 6.17. The zero-order chi connectivity index (χ0) is 17.2. The van der Waals surface area contributed by atoms with Gasteiger partial charge in [-0.3, -0.25) is 0 Å². The highest BCUT2D eigenvalue weighted by atomic mass is 16.5. The first kappa shape index (κ1) is 16.0. The molecule has 0 radical (unpaired) electrons. The predicted molar refractivity (Wildman–Crippen MR) is 99.3 cm³/mol. The summed E-state index contributed by atoms with van der Waals surface area (Å²) >= 11 is 0. The van der Waals surface area contributed by atoms with Crippen LogP contribution in [0.2, 0.25) is 0 Å². The van der Waals surface area contributed by atoms with Crippen LogP contribution in [0.4, 0.5) is 0 Å². The Bertz CT molecular complexity index is 845. The number of hydrogen-bond donors (Lipinski definition) is 0. The molecular formula is C21H23NO3. The number of likely N-dealkylation sites (tertiary alicyclic amines) is 1. The summed E-state index contributed by atoms with van der Waals surface area (Å²) in [7, 11) is 3.83. The van der Waals surface area contributed by atoms with Crippen LogP contribution in [-0.2, 0) is 0 Å². The van der Waals surface area contributed by atoms with Gasteiger partial charge in [0.05, 0.1) is 7.11 Å². The fourth-order valence-corrected chi connectivity index (χ4v) is 3.29. The van der Waals surface area contributed by atoms with E-state index < -0.39 is 0 Å². The molecule has 1 aliphatic heterocycles. The van der Waals surface area contributed by atoms with Crippen LogP contribution < -0.4 is 9.47 Å². The van der Waals surface area contributed by atoms with E-state index >= 15 is 0 Å². The maximum Gasteiger partial charge on any atom is 0.135 e. The Morgan fingerprint density at radius 2 is 1.68 bits per heavy atom. The number of nitrogens with zero attached hydrogens (tertiary/aromatic N) is 1. The molecule has 4 rings (SSSR count). The Balaban J connectivity index is 1.54. The van der Waals surface area contributed by atoms with Gasteiger partial charge in [-0.15, -0.1) is 0 Å². The van der Waals surface area contributed by atoms with Crippen molar-refractivity contribution in [3.63, 3.8) is 0 Å². The first-order valence-electron chi connectivity index (χ1n) is 8.74. The molecule has 1 saturated heterocycles. The maximum atomic E-state index is 6.17. The number of furan rings is 1. The lowest BCUT2D eigenvalue weighted by Crippen LogP contribution is -2.35. The summed E-state index contributed by atoms with van der Waals surface area (Å²) in [4.78, 5) is 2.35. The van der Waals surface area contributed by atoms with E-state index in [9.17, 15) is 0 Å². The molecule has 0 bridgehead atoms. The number of methoxy groups -OCH3 is 1. The molecule has 4 heteroatoms. The van der Waals surface area contributed by atoms with Gasteiger partial charge in [-0.05, 0) is 68.4 Å². The van der Waals surface area contributed by atoms with Gasteiger partial charge in [-0.2, -0.15) is 0 Å². The number of rotatable bonds is 4. The minimum Gasteiger partial charge on any atom is -0.497 e. The van der Waals surface area contributed by atoms with Gasteiger partial charge in [0, 0.05) is 24.0 Å². The summed E-state index contributed by atoms with van der Waals surface area (Å²) in [5, 5.41) is 1.07. The quantitative estimate of drug-likeness (QED) is 0.698. The average Bonchev–Trinajstić information content (AvgIpc) is 3.07. The molecule has 0 N–H and O–H groups in total. The van der Waals surface area contributed by atoms with E-state index in [2.05, 4.69) is 24.1 Å². The van der Waals surface area contributed by atoms with E-state index in [1.165, 1.54) is 0 Å². The molecule has 4 nitrogen and oxygen atoms in total. The van der Waals surface area contributed by atoms with Crippen LogP contribution in [0.3, 0.4) is 0 Å². The molecule has 0 saturated carbocycles. The summed E-state index contributed by atoms with van der Waals surface area (Å²) in [6.45, 7) is 2.19. The summed E-state index contributed by atoms with van der Waals surface area (Å²) < 4.78 is 17.4. The van der Waals surface area contributed by atoms with Gasteiger partial charge in [-0.1, -0.05) is 0 Å². The number of hydrogen-bond acceptors (Lipinski definition) is 4. The normalized spacial score (nSPS) is 16.2. The molecule has 25 heavy (non-hydrogen) atoms. The Kier molecular flexibility index (Phi) is 4.36. The van der Waals surface area contributed by atoms with Gasteiger partial charge in [0.1, 0.15) is 28.9 Å². The number of fused-ring (bicyclic) bond motifs is 1. The Hall–Kier alpha value is -2.46. The van der Waals surface area contributed by atoms with Crippen LogP contribution in [0.1, 0.15) is 12.8 Å². The molecule has 0 spiro atoms. The minimum absolute atomic E-state index is 0.307. The summed E-state index contributed by atoms with van der Waals surface area (Å²) in [6, 6.07) is 16.0. The van der Waals surface area contributed by atoms with Crippen molar-refractivity contribution in [3.8, 4) is 22.8 Å². The van der Waals surface area contributed by atoms with E-state index in [1.807, 2.05) is 36.4 Å². The lowest BCUT2D eigenvalue weighted by molar-refractivity contribution is 0.114. The average molecular weight is 337 g/mol. The second kappa shape index (κ2) is 6.81. The monoisotopic (exact) mass is 337 g/mol. The van der Waals surface area contributed by atoms with Crippen LogP contribution >= 0.6 is 0 Å². The molecule has 2 heterocycles. The zero-order valence-corrected chi connectivity index (χ0v) is 14.7. The molecule has 3 aromatic rings. The fourth-order valence-electron chi connectivity index (χ4n) is 3.29. The van der Waals surface area contributed by atoms with Gasteiger partial charge >= 0.3 is 0 Å². The van der Waals surface area contributed by atoms with Gasteiger partial charge in [0.2, 0.25) is 0 Å². The molecule has 0 amide bonds. The van der Waals surface area contributed by atoms with Crippen LogP contribution in [0.5, 0.6) is 11.5 Å². The second-order valence-corrected chi connectivity index (χ2v) is 6.66. The molecule has 1 aliphatic rings. The SMILES string of the molecule is COc1ccc(-c2cc3cc(OC4CCN(C)CC4)ccc3o2)cc1. The minimum atomic E-state index is 0.307. The van der Waals surface area contributed by atoms with Crippen LogP contribution in [-0.4, -0.2) is 38.3 Å². The molecule has 0 atom stereocenters. The van der Waals surface area contributed by atoms with E-state index in [4.69, 9.17) is 13.9 Å². The van der Waals surface area contributed by atoms with Crippen molar-refractivity contribution in [1.29, 1.82) is 0 Å². The Labute approximate surface area is 148 Å². The fraction of sp³-hybridized carbons (Fsp3) is 0.333. The van der Waals surface area contributed by atoms with Crippen LogP contribution in [0.25, 0.3) is 22.3 Å². The molecule has 1 aromatic heterocycles. The molecular weight excluding hydrogens is 314 g/mol. The molecule has 0 aliphatic carbocycles. The third-order valence-corrected chi connectivity index (χ3v) is 4.83. The van der Waals surface area contributed by atoms with Gasteiger partial charge in [0.25, 0.3) is 0 Å². The zero-order valence-electron chi connectivity index (χ0n) is 14.7. The number of benzene rings is 2. The smallest absolute Gasteiger partial charge is 0.135 e. The van der Waals surface area contributed by atoms with E-state index in [1.54, 1.807) is 7.11 Å². The van der Waals surface area contributed by atoms with Crippen LogP contribution in [0.15, 0.2) is 52.9 Å². The highest BCUT2D eigenvalue weighted by Crippen LogP contribution is 2.31. The van der Waals surface area contributed by atoms with Crippen molar-refractivity contribution in [3.05, 3.63) is 48.5 Å². The van der Waals surface area contributed by atoms with Crippen molar-refractivity contribution in [2.75, 3.05) is 27.2 Å². The summed E-state index contributed by atoms with van der Waals surface area (Å²) in [6.07, 6.45) is 2.47. The molecule has 1 fully saturated rings. The predicted octanol–water partition coefficient (Wildman–Crippen LogP) is 4.58. The Morgan fingerprint density at radius 1 is 0.960 bits per heavy atom. The van der Waals surface area contributed by atoms with E-state index in [0.717, 1.165) is 59.7 Å². The number of ether oxygens (including phenoxy) is 2. The summed E-state index contributed by atoms with van der Waals surface area (Å²) in [5.41, 5.74) is 1.91. The van der Waals surface area contributed by atoms with Crippen LogP contribution in [0, 0.1) is 0 Å². The second-order valence-electron chi connectivity index (χ2n) is 6.66. The van der Waals surface area contributed by atoms with Gasteiger partial charge < -0.3 is 18.8 Å². The first-order chi connectivity index (χ1) is 12.2. The third kappa shape index (κ3) is 3.49. The standard InChI is InChI=1S/C21H23NO3/c1-22-11-9-18(10-12-22)24-19-7-8-20-16(13-19)14-21(25-20)15-3-5-17(23-2)6-4-15/h3-8,13-14,18H,9-12H2,1-2H3. The van der Waals surface area contributed by atoms with Gasteiger partial charge in [-0.25, -0.2) is 0 Å². The lowest BCUT2D eigenvalue weighted by atomic mass is 10.1. The summed E-state index contributed by atoms with van der Waals surface area (Å²) in [5.74, 6) is 2.62. The van der Waals surface area contributed by atoms with Crippen molar-refractivity contribution in [2.24, 2.45) is 0 Å². The highest BCUT2D eigenvalue weighted by molar-refractivity contribution is 5.84. The van der Waals surface area contributed by atoms with Crippen molar-refractivity contribution < 1.29 is 13.9 Å². The van der Waals surface area contributed by atoms with Gasteiger partial charge in [0.15, 0.2) is 0 Å². The van der Waals surface area contributed by atoms with E-state index in [-0.39, 0.29) is 0 Å². The Morgan fingerprint density at radius 3 is 2.40 bits per heavy atom. The lowest BCUT2D eigenvalue weighted by Gasteiger charge is -2.29. The molecule has 130 valence electrons. The van der Waals surface area contributed by atoms with Crippen molar-refractivity contribution in [2.45, 2.75) is 18.9 Å². The number of piperidine rings is 1. The largest absolute Gasteiger partial charge is 0.497 e. The van der Waals surface area contributed by atoms with E-state index in [0.29, 0.717) is 6.10 Å². The first-order valence-corrected chi connectivity index (χ1v) is 8.74. The van der Waals surface area contributed by atoms with Crippen molar-refractivity contribution >= 4 is 11.0 Å². The van der Waals surface area contributed by atoms with Crippen molar-refractivity contribution in [1.82, 2.24) is 4.90 Å². The topological polar surface area (TPSA) is 34.8 Å². The molecule has 2 aromatic carbocycles. The highest BCUT2D eigenvalue weighted by Gasteiger charge is 2.18.